The quantitative estimate of drug-likeness (QED) is 0.700. The summed E-state index contributed by atoms with van der Waals surface area (Å²) in [7, 11) is 0. The van der Waals surface area contributed by atoms with E-state index in [9.17, 15) is 4.79 Å². The molecule has 1 aromatic heterocycles. The predicted octanol–water partition coefficient (Wildman–Crippen LogP) is 2.56. The second kappa shape index (κ2) is 3.05. The molecule has 0 atom stereocenters. The van der Waals surface area contributed by atoms with Crippen molar-refractivity contribution in [3.05, 3.63) is 36.1 Å². The van der Waals surface area contributed by atoms with Crippen LogP contribution >= 0.6 is 0 Å². The average Bonchev–Trinajstić information content (AvgIpc) is 2.51. The van der Waals surface area contributed by atoms with E-state index in [1.54, 1.807) is 13.2 Å². The first-order chi connectivity index (χ1) is 6.27. The monoisotopic (exact) mass is 174 g/mol. The van der Waals surface area contributed by atoms with Crippen molar-refractivity contribution in [3.63, 3.8) is 0 Å². The van der Waals surface area contributed by atoms with E-state index in [4.69, 9.17) is 4.42 Å². The van der Waals surface area contributed by atoms with Crippen molar-refractivity contribution in [2.45, 2.75) is 13.3 Å². The van der Waals surface area contributed by atoms with Crippen LogP contribution in [0.3, 0.4) is 0 Å². The highest BCUT2D eigenvalue weighted by atomic mass is 16.3. The Morgan fingerprint density at radius 1 is 1.38 bits per heavy atom. The molecule has 0 saturated heterocycles. The molecule has 1 aromatic carbocycles. The smallest absolute Gasteiger partial charge is 0.137 e. The summed E-state index contributed by atoms with van der Waals surface area (Å²) >= 11 is 0. The minimum atomic E-state index is 0.156. The van der Waals surface area contributed by atoms with Crippen molar-refractivity contribution in [3.8, 4) is 0 Å². The van der Waals surface area contributed by atoms with Crippen LogP contribution in [-0.4, -0.2) is 5.78 Å². The molecule has 0 saturated carbocycles. The molecule has 0 radical (unpaired) electrons. The van der Waals surface area contributed by atoms with Crippen molar-refractivity contribution in [1.29, 1.82) is 0 Å². The maximum Gasteiger partial charge on any atom is 0.137 e. The fourth-order valence-corrected chi connectivity index (χ4v) is 1.46. The van der Waals surface area contributed by atoms with Crippen LogP contribution in [0, 0.1) is 0 Å². The van der Waals surface area contributed by atoms with E-state index >= 15 is 0 Å². The third-order valence-electron chi connectivity index (χ3n) is 2.00. The Hall–Kier alpha value is -1.57. The van der Waals surface area contributed by atoms with Gasteiger partial charge in [0.1, 0.15) is 11.4 Å². The van der Waals surface area contributed by atoms with E-state index in [0.717, 1.165) is 16.5 Å². The molecule has 0 fully saturated rings. The molecule has 0 aliphatic heterocycles. The Balaban J connectivity index is 2.54. The number of carbonyl (C=O) groups excluding carboxylic acids is 1. The fourth-order valence-electron chi connectivity index (χ4n) is 1.46. The van der Waals surface area contributed by atoms with Crippen LogP contribution in [0.4, 0.5) is 0 Å². The fraction of sp³-hybridized carbons (Fsp3) is 0.182. The second-order valence-corrected chi connectivity index (χ2v) is 3.13. The van der Waals surface area contributed by atoms with E-state index in [1.165, 1.54) is 0 Å². The van der Waals surface area contributed by atoms with Gasteiger partial charge in [0, 0.05) is 17.4 Å². The van der Waals surface area contributed by atoms with E-state index < -0.39 is 0 Å². The van der Waals surface area contributed by atoms with Crippen LogP contribution in [0.5, 0.6) is 0 Å². The first-order valence-electron chi connectivity index (χ1n) is 4.22. The molecule has 0 N–H and O–H groups in total. The lowest BCUT2D eigenvalue weighted by Crippen LogP contribution is -1.95. The van der Waals surface area contributed by atoms with E-state index in [1.807, 2.05) is 24.3 Å². The highest BCUT2D eigenvalue weighted by Crippen LogP contribution is 2.20. The molecule has 0 bridgehead atoms. The van der Waals surface area contributed by atoms with Gasteiger partial charge in [-0.2, -0.15) is 0 Å². The zero-order valence-corrected chi connectivity index (χ0v) is 7.41. The van der Waals surface area contributed by atoms with Gasteiger partial charge < -0.3 is 4.42 Å². The van der Waals surface area contributed by atoms with Crippen LogP contribution in [-0.2, 0) is 11.2 Å². The highest BCUT2D eigenvalue weighted by Gasteiger charge is 2.05. The molecule has 2 aromatic rings. The lowest BCUT2D eigenvalue weighted by atomic mass is 10.1. The molecule has 2 nitrogen and oxygen atoms in total. The van der Waals surface area contributed by atoms with Crippen LogP contribution < -0.4 is 0 Å². The SMILES string of the molecule is CC(=O)Cc1cccc2ccoc12. The summed E-state index contributed by atoms with van der Waals surface area (Å²) in [5, 5.41) is 1.05. The van der Waals surface area contributed by atoms with Gasteiger partial charge in [0.2, 0.25) is 0 Å². The number of carbonyl (C=O) groups is 1. The molecule has 0 unspecified atom stereocenters. The molecular formula is C11H10O2. The number of benzene rings is 1. The van der Waals surface area contributed by atoms with Crippen LogP contribution in [0.2, 0.25) is 0 Å². The molecule has 0 aliphatic rings. The zero-order chi connectivity index (χ0) is 9.26. The van der Waals surface area contributed by atoms with Gasteiger partial charge in [-0.3, -0.25) is 4.79 Å². The van der Waals surface area contributed by atoms with Gasteiger partial charge in [0.25, 0.3) is 0 Å². The van der Waals surface area contributed by atoms with Gasteiger partial charge in [0.15, 0.2) is 0 Å². The van der Waals surface area contributed by atoms with E-state index in [0.29, 0.717) is 6.42 Å². The van der Waals surface area contributed by atoms with Crippen molar-refractivity contribution in [1.82, 2.24) is 0 Å². The molecule has 13 heavy (non-hydrogen) atoms. The molecule has 0 aliphatic carbocycles. The summed E-state index contributed by atoms with van der Waals surface area (Å²) in [6.07, 6.45) is 2.10. The highest BCUT2D eigenvalue weighted by molar-refractivity contribution is 5.86. The van der Waals surface area contributed by atoms with Crippen LogP contribution in [0.25, 0.3) is 11.0 Å². The lowest BCUT2D eigenvalue weighted by Gasteiger charge is -1.97. The molecule has 0 spiro atoms. The number of furan rings is 1. The normalized spacial score (nSPS) is 10.5. The second-order valence-electron chi connectivity index (χ2n) is 3.13. The minimum absolute atomic E-state index is 0.156. The molecule has 66 valence electrons. The Morgan fingerprint density at radius 3 is 3.00 bits per heavy atom. The maximum atomic E-state index is 10.9. The standard InChI is InChI=1S/C11H10O2/c1-8(12)7-10-4-2-3-9-5-6-13-11(9)10/h2-6H,7H2,1H3. The number of hydrogen-bond acceptors (Lipinski definition) is 2. The van der Waals surface area contributed by atoms with Crippen molar-refractivity contribution in [2.24, 2.45) is 0 Å². The molecular weight excluding hydrogens is 164 g/mol. The lowest BCUT2D eigenvalue weighted by molar-refractivity contribution is -0.116. The van der Waals surface area contributed by atoms with Gasteiger partial charge >= 0.3 is 0 Å². The number of rotatable bonds is 2. The molecule has 2 heteroatoms. The maximum absolute atomic E-state index is 10.9. The van der Waals surface area contributed by atoms with E-state index in [2.05, 4.69) is 0 Å². The first kappa shape index (κ1) is 8.05. The first-order valence-corrected chi connectivity index (χ1v) is 4.22. The third kappa shape index (κ3) is 1.47. The summed E-state index contributed by atoms with van der Waals surface area (Å²) in [6, 6.07) is 7.74. The number of ketones is 1. The summed E-state index contributed by atoms with van der Waals surface area (Å²) in [4.78, 5) is 10.9. The number of para-hydroxylation sites is 1. The Labute approximate surface area is 76.2 Å². The number of Topliss-reactive ketones (excluding diaryl/α,β-unsaturated/α-hetero) is 1. The van der Waals surface area contributed by atoms with Crippen LogP contribution in [0.15, 0.2) is 34.9 Å². The number of fused-ring (bicyclic) bond motifs is 1. The topological polar surface area (TPSA) is 30.2 Å². The Kier molecular flexibility index (Phi) is 1.89. The average molecular weight is 174 g/mol. The summed E-state index contributed by atoms with van der Waals surface area (Å²) < 4.78 is 5.30. The largest absolute Gasteiger partial charge is 0.464 e. The van der Waals surface area contributed by atoms with Crippen molar-refractivity contribution >= 4 is 16.8 Å². The minimum Gasteiger partial charge on any atom is -0.464 e. The van der Waals surface area contributed by atoms with Crippen molar-refractivity contribution in [2.75, 3.05) is 0 Å². The zero-order valence-electron chi connectivity index (χ0n) is 7.41. The Morgan fingerprint density at radius 2 is 2.23 bits per heavy atom. The van der Waals surface area contributed by atoms with Gasteiger partial charge in [-0.05, 0) is 13.0 Å². The predicted molar refractivity (Wildman–Crippen MR) is 50.6 cm³/mol. The van der Waals surface area contributed by atoms with Gasteiger partial charge in [0.05, 0.1) is 6.26 Å². The molecule has 2 rings (SSSR count). The number of hydrogen-bond donors (Lipinski definition) is 0. The van der Waals surface area contributed by atoms with Crippen LogP contribution in [0.1, 0.15) is 12.5 Å². The van der Waals surface area contributed by atoms with Crippen molar-refractivity contribution < 1.29 is 9.21 Å². The molecule has 0 amide bonds. The van der Waals surface area contributed by atoms with Gasteiger partial charge in [-0.15, -0.1) is 0 Å². The summed E-state index contributed by atoms with van der Waals surface area (Å²) in [6.45, 7) is 1.59. The summed E-state index contributed by atoms with van der Waals surface area (Å²) in [5.41, 5.74) is 1.80. The van der Waals surface area contributed by atoms with Gasteiger partial charge in [-0.1, -0.05) is 18.2 Å². The summed E-state index contributed by atoms with van der Waals surface area (Å²) in [5.74, 6) is 0.156. The molecule has 1 heterocycles. The van der Waals surface area contributed by atoms with Gasteiger partial charge in [-0.25, -0.2) is 0 Å². The Bertz CT molecular complexity index is 440. The third-order valence-corrected chi connectivity index (χ3v) is 2.00. The van der Waals surface area contributed by atoms with E-state index in [-0.39, 0.29) is 5.78 Å².